The highest BCUT2D eigenvalue weighted by Crippen LogP contribution is 2.32. The SMILES string of the molecule is Cc1ccc(C(=O)NC2CCN(c3ccc(C(=O)c4ccccc4)cc3[N+](=O)[O-])CC2)s1. The fourth-order valence-corrected chi connectivity index (χ4v) is 4.68. The van der Waals surface area contributed by atoms with Gasteiger partial charge in [-0.05, 0) is 44.0 Å². The number of carbonyl (C=O) groups excluding carboxylic acids is 2. The molecular weight excluding hydrogens is 426 g/mol. The molecule has 0 radical (unpaired) electrons. The van der Waals surface area contributed by atoms with Crippen molar-refractivity contribution in [2.45, 2.75) is 25.8 Å². The number of nitro benzene ring substituents is 1. The molecule has 1 aliphatic heterocycles. The Morgan fingerprint density at radius 1 is 1.03 bits per heavy atom. The number of aryl methyl sites for hydroxylation is 1. The number of benzene rings is 2. The third-order valence-electron chi connectivity index (χ3n) is 5.61. The number of hydrogen-bond acceptors (Lipinski definition) is 6. The van der Waals surface area contributed by atoms with Gasteiger partial charge < -0.3 is 10.2 Å². The standard InChI is InChI=1S/C24H23N3O4S/c1-16-7-10-22(32-16)24(29)25-19-11-13-26(14-12-19)20-9-8-18(15-21(20)27(30)31)23(28)17-5-3-2-4-6-17/h2-10,15,19H,11-14H2,1H3,(H,25,29). The van der Waals surface area contributed by atoms with Crippen LogP contribution in [0.4, 0.5) is 11.4 Å². The first-order chi connectivity index (χ1) is 15.4. The fourth-order valence-electron chi connectivity index (χ4n) is 3.91. The Morgan fingerprint density at radius 2 is 1.75 bits per heavy atom. The number of nitrogens with one attached hydrogen (secondary N) is 1. The van der Waals surface area contributed by atoms with Crippen molar-refractivity contribution in [3.63, 3.8) is 0 Å². The van der Waals surface area contributed by atoms with Gasteiger partial charge in [0.05, 0.1) is 9.80 Å². The molecule has 0 spiro atoms. The van der Waals surface area contributed by atoms with E-state index in [4.69, 9.17) is 0 Å². The van der Waals surface area contributed by atoms with Gasteiger partial charge in [0.1, 0.15) is 5.69 Å². The van der Waals surface area contributed by atoms with Crippen LogP contribution in [0.25, 0.3) is 0 Å². The molecule has 2 aromatic carbocycles. The Labute approximate surface area is 189 Å². The van der Waals surface area contributed by atoms with Crippen molar-refractivity contribution in [1.82, 2.24) is 5.32 Å². The first kappa shape index (κ1) is 21.7. The molecule has 3 aromatic rings. The zero-order valence-electron chi connectivity index (χ0n) is 17.6. The van der Waals surface area contributed by atoms with E-state index in [1.165, 1.54) is 17.4 Å². The van der Waals surface area contributed by atoms with Gasteiger partial charge in [0.2, 0.25) is 0 Å². The number of nitro groups is 1. The minimum atomic E-state index is -0.440. The molecule has 0 unspecified atom stereocenters. The van der Waals surface area contributed by atoms with E-state index in [0.717, 1.165) is 4.88 Å². The molecule has 2 heterocycles. The summed E-state index contributed by atoms with van der Waals surface area (Å²) in [5.74, 6) is -0.318. The van der Waals surface area contributed by atoms with Crippen molar-refractivity contribution in [3.05, 3.63) is 91.7 Å². The van der Waals surface area contributed by atoms with Gasteiger partial charge in [0.15, 0.2) is 5.78 Å². The Balaban J connectivity index is 1.45. The number of carbonyl (C=O) groups is 2. The predicted octanol–water partition coefficient (Wildman–Crippen LogP) is 4.59. The summed E-state index contributed by atoms with van der Waals surface area (Å²) in [6.07, 6.45) is 1.38. The highest BCUT2D eigenvalue weighted by Gasteiger charge is 2.27. The number of amides is 1. The van der Waals surface area contributed by atoms with Gasteiger partial charge in [-0.25, -0.2) is 0 Å². The second kappa shape index (κ2) is 9.32. The quantitative estimate of drug-likeness (QED) is 0.337. The summed E-state index contributed by atoms with van der Waals surface area (Å²) in [7, 11) is 0. The maximum Gasteiger partial charge on any atom is 0.293 e. The molecule has 8 heteroatoms. The van der Waals surface area contributed by atoms with E-state index in [2.05, 4.69) is 5.32 Å². The molecule has 0 bridgehead atoms. The summed E-state index contributed by atoms with van der Waals surface area (Å²) in [4.78, 5) is 40.2. The Bertz CT molecular complexity index is 1150. The third kappa shape index (κ3) is 4.70. The maximum atomic E-state index is 12.7. The molecule has 7 nitrogen and oxygen atoms in total. The second-order valence-corrected chi connectivity index (χ2v) is 9.09. The smallest absolute Gasteiger partial charge is 0.293 e. The molecule has 0 atom stereocenters. The highest BCUT2D eigenvalue weighted by atomic mass is 32.1. The number of anilines is 1. The summed E-state index contributed by atoms with van der Waals surface area (Å²) in [6.45, 7) is 3.13. The van der Waals surface area contributed by atoms with Crippen LogP contribution < -0.4 is 10.2 Å². The van der Waals surface area contributed by atoms with Crippen LogP contribution in [-0.2, 0) is 0 Å². The minimum absolute atomic E-state index is 0.0270. The molecule has 1 N–H and O–H groups in total. The molecule has 32 heavy (non-hydrogen) atoms. The van der Waals surface area contributed by atoms with E-state index in [0.29, 0.717) is 47.6 Å². The lowest BCUT2D eigenvalue weighted by molar-refractivity contribution is -0.384. The summed E-state index contributed by atoms with van der Waals surface area (Å²) >= 11 is 1.46. The molecule has 1 aliphatic rings. The molecule has 0 saturated carbocycles. The Hall–Kier alpha value is -3.52. The number of rotatable bonds is 6. The highest BCUT2D eigenvalue weighted by molar-refractivity contribution is 7.13. The predicted molar refractivity (Wildman–Crippen MR) is 125 cm³/mol. The van der Waals surface area contributed by atoms with Crippen molar-refractivity contribution in [2.75, 3.05) is 18.0 Å². The van der Waals surface area contributed by atoms with Crippen LogP contribution >= 0.6 is 11.3 Å². The first-order valence-electron chi connectivity index (χ1n) is 10.4. The molecule has 1 aromatic heterocycles. The first-order valence-corrected chi connectivity index (χ1v) is 11.2. The normalized spacial score (nSPS) is 14.2. The lowest BCUT2D eigenvalue weighted by Gasteiger charge is -2.33. The van der Waals surface area contributed by atoms with Crippen molar-refractivity contribution >= 4 is 34.4 Å². The molecule has 1 fully saturated rings. The number of ketones is 1. The van der Waals surface area contributed by atoms with Crippen molar-refractivity contribution in [2.24, 2.45) is 0 Å². The van der Waals surface area contributed by atoms with E-state index in [-0.39, 0.29) is 23.4 Å². The van der Waals surface area contributed by atoms with E-state index in [9.17, 15) is 19.7 Å². The third-order valence-corrected chi connectivity index (χ3v) is 6.60. The molecule has 1 amide bonds. The van der Waals surface area contributed by atoms with Crippen LogP contribution in [0, 0.1) is 17.0 Å². The Morgan fingerprint density at radius 3 is 2.38 bits per heavy atom. The summed E-state index contributed by atoms with van der Waals surface area (Å²) in [5, 5.41) is 14.8. The largest absolute Gasteiger partial charge is 0.366 e. The number of piperidine rings is 1. The molecule has 164 valence electrons. The van der Waals surface area contributed by atoms with Gasteiger partial charge in [0, 0.05) is 41.2 Å². The minimum Gasteiger partial charge on any atom is -0.366 e. The summed E-state index contributed by atoms with van der Waals surface area (Å²) in [6, 6.07) is 17.2. The van der Waals surface area contributed by atoms with E-state index in [1.807, 2.05) is 30.0 Å². The zero-order valence-corrected chi connectivity index (χ0v) is 18.4. The molecule has 4 rings (SSSR count). The number of thiophene rings is 1. The fraction of sp³-hybridized carbons (Fsp3) is 0.250. The van der Waals surface area contributed by atoms with Gasteiger partial charge in [-0.15, -0.1) is 11.3 Å². The summed E-state index contributed by atoms with van der Waals surface area (Å²) < 4.78 is 0. The van der Waals surface area contributed by atoms with Crippen LogP contribution in [0.5, 0.6) is 0 Å². The second-order valence-electron chi connectivity index (χ2n) is 7.80. The van der Waals surface area contributed by atoms with Gasteiger partial charge >= 0.3 is 0 Å². The van der Waals surface area contributed by atoms with Crippen LogP contribution in [0.1, 0.15) is 43.3 Å². The lowest BCUT2D eigenvalue weighted by Crippen LogP contribution is -2.44. The van der Waals surface area contributed by atoms with Crippen LogP contribution in [0.2, 0.25) is 0 Å². The van der Waals surface area contributed by atoms with Gasteiger partial charge in [-0.1, -0.05) is 30.3 Å². The summed E-state index contributed by atoms with van der Waals surface area (Å²) in [5.41, 5.74) is 1.20. The van der Waals surface area contributed by atoms with Crippen molar-refractivity contribution in [3.8, 4) is 0 Å². The maximum absolute atomic E-state index is 12.7. The van der Waals surface area contributed by atoms with Crippen molar-refractivity contribution < 1.29 is 14.5 Å². The lowest BCUT2D eigenvalue weighted by atomic mass is 10.0. The molecule has 1 saturated heterocycles. The number of hydrogen-bond donors (Lipinski definition) is 1. The van der Waals surface area contributed by atoms with Crippen LogP contribution in [0.3, 0.4) is 0 Å². The molecule has 0 aliphatic carbocycles. The average Bonchev–Trinajstić information content (AvgIpc) is 3.26. The van der Waals surface area contributed by atoms with Gasteiger partial charge in [0.25, 0.3) is 11.6 Å². The van der Waals surface area contributed by atoms with E-state index in [1.54, 1.807) is 36.4 Å². The molecular formula is C24H23N3O4S. The van der Waals surface area contributed by atoms with Crippen LogP contribution in [0.15, 0.2) is 60.7 Å². The van der Waals surface area contributed by atoms with Gasteiger partial charge in [-0.3, -0.25) is 19.7 Å². The average molecular weight is 450 g/mol. The van der Waals surface area contributed by atoms with Gasteiger partial charge in [-0.2, -0.15) is 0 Å². The Kier molecular flexibility index (Phi) is 6.32. The van der Waals surface area contributed by atoms with E-state index < -0.39 is 4.92 Å². The number of nitrogens with zero attached hydrogens (tertiary/aromatic N) is 2. The van der Waals surface area contributed by atoms with Crippen molar-refractivity contribution in [1.29, 1.82) is 0 Å². The topological polar surface area (TPSA) is 92.6 Å². The monoisotopic (exact) mass is 449 g/mol. The van der Waals surface area contributed by atoms with E-state index >= 15 is 0 Å². The van der Waals surface area contributed by atoms with Crippen LogP contribution in [-0.4, -0.2) is 35.7 Å². The zero-order chi connectivity index (χ0) is 22.7.